The third-order valence-electron chi connectivity index (χ3n) is 3.31. The number of carbonyl (C=O) groups excluding carboxylic acids is 2. The van der Waals surface area contributed by atoms with Crippen LogP contribution in [0.25, 0.3) is 0 Å². The Morgan fingerprint density at radius 2 is 1.60 bits per heavy atom. The molecule has 0 aliphatic rings. The van der Waals surface area contributed by atoms with Crippen molar-refractivity contribution in [1.82, 2.24) is 10.6 Å². The second-order valence-corrected chi connectivity index (χ2v) is 5.20. The van der Waals surface area contributed by atoms with Gasteiger partial charge in [0.15, 0.2) is 0 Å². The number of anilines is 1. The molecule has 7 nitrogen and oxygen atoms in total. The van der Waals surface area contributed by atoms with Crippen LogP contribution in [0.2, 0.25) is 0 Å². The van der Waals surface area contributed by atoms with Crippen LogP contribution < -0.4 is 20.7 Å². The van der Waals surface area contributed by atoms with Gasteiger partial charge in [-0.2, -0.15) is 5.26 Å². The molecule has 0 saturated carbocycles. The summed E-state index contributed by atoms with van der Waals surface area (Å²) in [6.07, 6.45) is 0. The normalized spacial score (nSPS) is 10.9. The first-order valence-corrected chi connectivity index (χ1v) is 7.59. The van der Waals surface area contributed by atoms with Crippen LogP contribution in [0.4, 0.5) is 10.5 Å². The van der Waals surface area contributed by atoms with E-state index in [4.69, 9.17) is 10.00 Å². The highest BCUT2D eigenvalue weighted by molar-refractivity contribution is 5.97. The SMILES string of the molecule is CNC(=O)NC(=O)[C@H](C)Nc1ccc(Oc2ccc(C#N)cc2)cc1. The van der Waals surface area contributed by atoms with Gasteiger partial charge in [0.25, 0.3) is 0 Å². The maximum Gasteiger partial charge on any atom is 0.321 e. The lowest BCUT2D eigenvalue weighted by Crippen LogP contribution is -2.44. The van der Waals surface area contributed by atoms with Crippen molar-refractivity contribution in [3.05, 3.63) is 54.1 Å². The van der Waals surface area contributed by atoms with E-state index < -0.39 is 18.0 Å². The quantitative estimate of drug-likeness (QED) is 0.777. The van der Waals surface area contributed by atoms with Crippen molar-refractivity contribution in [1.29, 1.82) is 5.26 Å². The van der Waals surface area contributed by atoms with Gasteiger partial charge in [-0.05, 0) is 55.5 Å². The highest BCUT2D eigenvalue weighted by Gasteiger charge is 2.14. The van der Waals surface area contributed by atoms with Crippen molar-refractivity contribution in [2.45, 2.75) is 13.0 Å². The standard InChI is InChI=1S/C18H18N4O3/c1-12(17(23)22-18(24)20-2)21-14-5-9-16(10-6-14)25-15-7-3-13(11-19)4-8-15/h3-10,12,21H,1-2H3,(H2,20,22,23,24)/t12-/m0/s1. The molecule has 128 valence electrons. The largest absolute Gasteiger partial charge is 0.457 e. The molecule has 0 heterocycles. The minimum Gasteiger partial charge on any atom is -0.457 e. The van der Waals surface area contributed by atoms with Crippen molar-refractivity contribution in [2.75, 3.05) is 12.4 Å². The molecule has 0 aliphatic heterocycles. The van der Waals surface area contributed by atoms with Crippen molar-refractivity contribution in [3.8, 4) is 17.6 Å². The number of amides is 3. The summed E-state index contributed by atoms with van der Waals surface area (Å²) in [5, 5.41) is 16.3. The lowest BCUT2D eigenvalue weighted by Gasteiger charge is -2.15. The Balaban J connectivity index is 1.93. The minimum absolute atomic E-state index is 0.433. The van der Waals surface area contributed by atoms with E-state index in [0.29, 0.717) is 22.7 Å². The zero-order valence-corrected chi connectivity index (χ0v) is 13.9. The van der Waals surface area contributed by atoms with Gasteiger partial charge in [-0.3, -0.25) is 10.1 Å². The summed E-state index contributed by atoms with van der Waals surface area (Å²) in [6.45, 7) is 1.65. The van der Waals surface area contributed by atoms with E-state index in [1.165, 1.54) is 7.05 Å². The van der Waals surface area contributed by atoms with E-state index >= 15 is 0 Å². The summed E-state index contributed by atoms with van der Waals surface area (Å²) in [7, 11) is 1.44. The van der Waals surface area contributed by atoms with Gasteiger partial charge < -0.3 is 15.4 Å². The lowest BCUT2D eigenvalue weighted by molar-refractivity contribution is -0.120. The number of hydrogen-bond acceptors (Lipinski definition) is 5. The Bertz CT molecular complexity index is 779. The molecule has 0 radical (unpaired) electrons. The molecule has 25 heavy (non-hydrogen) atoms. The van der Waals surface area contributed by atoms with Gasteiger partial charge in [0.1, 0.15) is 17.5 Å². The topological polar surface area (TPSA) is 103 Å². The van der Waals surface area contributed by atoms with Gasteiger partial charge in [-0.25, -0.2) is 4.79 Å². The van der Waals surface area contributed by atoms with Gasteiger partial charge in [-0.15, -0.1) is 0 Å². The van der Waals surface area contributed by atoms with Crippen LogP contribution >= 0.6 is 0 Å². The fourth-order valence-corrected chi connectivity index (χ4v) is 1.95. The number of hydrogen-bond donors (Lipinski definition) is 3. The maximum atomic E-state index is 11.8. The first-order chi connectivity index (χ1) is 12.0. The summed E-state index contributed by atoms with van der Waals surface area (Å²) >= 11 is 0. The van der Waals surface area contributed by atoms with E-state index in [-0.39, 0.29) is 0 Å². The van der Waals surface area contributed by atoms with Crippen molar-refractivity contribution in [3.63, 3.8) is 0 Å². The summed E-state index contributed by atoms with van der Waals surface area (Å²) in [4.78, 5) is 22.9. The predicted molar refractivity (Wildman–Crippen MR) is 93.4 cm³/mol. The molecule has 2 aromatic rings. The molecule has 1 atom stereocenters. The average molecular weight is 338 g/mol. The van der Waals surface area contributed by atoms with Crippen molar-refractivity contribution < 1.29 is 14.3 Å². The first-order valence-electron chi connectivity index (χ1n) is 7.59. The zero-order valence-electron chi connectivity index (χ0n) is 13.9. The Morgan fingerprint density at radius 3 is 2.12 bits per heavy atom. The first kappa shape index (κ1) is 17.8. The van der Waals surface area contributed by atoms with E-state index in [2.05, 4.69) is 16.0 Å². The van der Waals surface area contributed by atoms with Crippen molar-refractivity contribution in [2.24, 2.45) is 0 Å². The molecular formula is C18H18N4O3. The molecule has 0 aliphatic carbocycles. The lowest BCUT2D eigenvalue weighted by atomic mass is 10.2. The van der Waals surface area contributed by atoms with Gasteiger partial charge in [0.05, 0.1) is 11.6 Å². The number of ether oxygens (including phenoxy) is 1. The molecular weight excluding hydrogens is 320 g/mol. The van der Waals surface area contributed by atoms with Gasteiger partial charge >= 0.3 is 6.03 Å². The van der Waals surface area contributed by atoms with Crippen LogP contribution in [0, 0.1) is 11.3 Å². The second-order valence-electron chi connectivity index (χ2n) is 5.20. The minimum atomic E-state index is -0.581. The molecule has 0 unspecified atom stereocenters. The molecule has 0 fully saturated rings. The third kappa shape index (κ3) is 5.25. The van der Waals surface area contributed by atoms with Gasteiger partial charge in [0.2, 0.25) is 5.91 Å². The van der Waals surface area contributed by atoms with Crippen LogP contribution in [0.1, 0.15) is 12.5 Å². The Hall–Kier alpha value is -3.53. The molecule has 0 saturated heterocycles. The van der Waals surface area contributed by atoms with E-state index in [1.807, 2.05) is 6.07 Å². The highest BCUT2D eigenvalue weighted by Crippen LogP contribution is 2.23. The van der Waals surface area contributed by atoms with Gasteiger partial charge in [0, 0.05) is 12.7 Å². The number of nitrogens with one attached hydrogen (secondary N) is 3. The van der Waals surface area contributed by atoms with Crippen LogP contribution in [0.15, 0.2) is 48.5 Å². The second kappa shape index (κ2) is 8.36. The maximum absolute atomic E-state index is 11.8. The van der Waals surface area contributed by atoms with Crippen LogP contribution in [-0.2, 0) is 4.79 Å². The monoisotopic (exact) mass is 338 g/mol. The summed E-state index contributed by atoms with van der Waals surface area (Å²) < 4.78 is 5.68. The third-order valence-corrected chi connectivity index (χ3v) is 3.31. The fourth-order valence-electron chi connectivity index (χ4n) is 1.95. The Morgan fingerprint density at radius 1 is 1.04 bits per heavy atom. The number of imide groups is 1. The Labute approximate surface area is 145 Å². The predicted octanol–water partition coefficient (Wildman–Crippen LogP) is 2.61. The number of nitriles is 1. The number of nitrogens with zero attached hydrogens (tertiary/aromatic N) is 1. The van der Waals surface area contributed by atoms with Crippen LogP contribution in [-0.4, -0.2) is 25.0 Å². The molecule has 3 N–H and O–H groups in total. The number of benzene rings is 2. The van der Waals surface area contributed by atoms with E-state index in [9.17, 15) is 9.59 Å². The average Bonchev–Trinajstić information content (AvgIpc) is 2.63. The van der Waals surface area contributed by atoms with Crippen LogP contribution in [0.5, 0.6) is 11.5 Å². The molecule has 3 amide bonds. The van der Waals surface area contributed by atoms with Crippen LogP contribution in [0.3, 0.4) is 0 Å². The molecule has 0 aromatic heterocycles. The van der Waals surface area contributed by atoms with E-state index in [0.717, 1.165) is 0 Å². The number of urea groups is 1. The summed E-state index contributed by atoms with van der Waals surface area (Å²) in [6, 6.07) is 14.7. The summed E-state index contributed by atoms with van der Waals surface area (Å²) in [5.74, 6) is 0.813. The molecule has 0 bridgehead atoms. The summed E-state index contributed by atoms with van der Waals surface area (Å²) in [5.41, 5.74) is 1.28. The Kier molecular flexibility index (Phi) is 5.96. The molecule has 0 spiro atoms. The molecule has 2 rings (SSSR count). The number of carbonyl (C=O) groups is 2. The smallest absolute Gasteiger partial charge is 0.321 e. The van der Waals surface area contributed by atoms with E-state index in [1.54, 1.807) is 55.5 Å². The highest BCUT2D eigenvalue weighted by atomic mass is 16.5. The zero-order chi connectivity index (χ0) is 18.2. The van der Waals surface area contributed by atoms with Crippen molar-refractivity contribution >= 4 is 17.6 Å². The molecule has 2 aromatic carbocycles. The fraction of sp³-hybridized carbons (Fsp3) is 0.167. The number of rotatable bonds is 5. The van der Waals surface area contributed by atoms with Gasteiger partial charge in [-0.1, -0.05) is 0 Å². The molecule has 7 heteroatoms.